The average Bonchev–Trinajstić information content (AvgIpc) is 3.69. The lowest BCUT2D eigenvalue weighted by atomic mass is 9.85. The molecule has 2 N–H and O–H groups in total. The number of benzene rings is 2. The molecule has 0 unspecified atom stereocenters. The Morgan fingerprint density at radius 1 is 1.11 bits per heavy atom. The Balaban J connectivity index is 1.31. The van der Waals surface area contributed by atoms with Crippen LogP contribution in [0.2, 0.25) is 10.0 Å². The highest BCUT2D eigenvalue weighted by atomic mass is 35.5. The van der Waals surface area contributed by atoms with Gasteiger partial charge in [-0.15, -0.1) is 5.10 Å². The highest BCUT2D eigenvalue weighted by Gasteiger charge is 2.51. The van der Waals surface area contributed by atoms with Gasteiger partial charge in [-0.3, -0.25) is 14.4 Å². The Labute approximate surface area is 325 Å². The molecule has 2 aliphatic rings. The summed E-state index contributed by atoms with van der Waals surface area (Å²) in [5, 5.41) is 17.2. The molecule has 14 nitrogen and oxygen atoms in total. The van der Waals surface area contributed by atoms with E-state index in [1.54, 1.807) is 25.9 Å². The van der Waals surface area contributed by atoms with Crippen LogP contribution in [-0.4, -0.2) is 83.0 Å². The first kappa shape index (κ1) is 39.1. The van der Waals surface area contributed by atoms with Crippen LogP contribution in [0.5, 0.6) is 5.75 Å². The second-order valence-electron chi connectivity index (χ2n) is 13.9. The molecule has 5 heterocycles. The summed E-state index contributed by atoms with van der Waals surface area (Å²) in [5.74, 6) is -2.70. The van der Waals surface area contributed by atoms with Crippen LogP contribution in [0.15, 0.2) is 41.5 Å². The number of halogens is 6. The van der Waals surface area contributed by atoms with E-state index in [2.05, 4.69) is 25.4 Å². The number of carbonyl (C=O) groups excluding carboxylic acids is 2. The van der Waals surface area contributed by atoms with Gasteiger partial charge < -0.3 is 29.5 Å². The van der Waals surface area contributed by atoms with E-state index in [0.29, 0.717) is 18.2 Å². The number of aryl methyl sites for hydroxylation is 1. The number of alkyl halides is 3. The Morgan fingerprint density at radius 2 is 1.82 bits per heavy atom. The number of anilines is 1. The highest BCUT2D eigenvalue weighted by molar-refractivity contribution is 6.33. The maximum Gasteiger partial charge on any atom is 0.416 e. The van der Waals surface area contributed by atoms with Gasteiger partial charge in [-0.1, -0.05) is 23.2 Å². The topological polar surface area (TPSA) is 160 Å². The van der Waals surface area contributed by atoms with Crippen molar-refractivity contribution < 1.29 is 37.0 Å². The van der Waals surface area contributed by atoms with Crippen LogP contribution in [-0.2, 0) is 34.4 Å². The van der Waals surface area contributed by atoms with Gasteiger partial charge >= 0.3 is 6.18 Å². The summed E-state index contributed by atoms with van der Waals surface area (Å²) >= 11 is 12.7. The molecule has 1 fully saturated rings. The number of aromatic hydroxyl groups is 1. The third-order valence-electron chi connectivity index (χ3n) is 9.83. The number of nitrogens with one attached hydrogen (secondary N) is 1. The third-order valence-corrected chi connectivity index (χ3v) is 10.5. The zero-order chi connectivity index (χ0) is 40.4. The lowest BCUT2D eigenvalue weighted by molar-refractivity contribution is -0.137. The summed E-state index contributed by atoms with van der Waals surface area (Å²) < 4.78 is 64.4. The fourth-order valence-electron chi connectivity index (χ4n) is 7.21. The van der Waals surface area contributed by atoms with E-state index in [9.17, 15) is 32.7 Å². The summed E-state index contributed by atoms with van der Waals surface area (Å²) in [6.45, 7) is 3.17. The van der Waals surface area contributed by atoms with E-state index in [1.807, 2.05) is 0 Å². The van der Waals surface area contributed by atoms with Gasteiger partial charge in [-0.2, -0.15) is 22.7 Å². The number of likely N-dealkylation sites (tertiary alicyclic amines) is 1. The Hall–Kier alpha value is -5.17. The molecular formula is C36H33Cl2F4N9O5. The Morgan fingerprint density at radius 3 is 2.48 bits per heavy atom. The van der Waals surface area contributed by atoms with Gasteiger partial charge in [0.1, 0.15) is 24.3 Å². The average molecular weight is 819 g/mol. The van der Waals surface area contributed by atoms with E-state index >= 15 is 4.39 Å². The number of rotatable bonds is 7. The fourth-order valence-corrected chi connectivity index (χ4v) is 7.66. The molecule has 2 aromatic carbocycles. The van der Waals surface area contributed by atoms with Crippen LogP contribution in [0, 0.1) is 12.7 Å². The quantitative estimate of drug-likeness (QED) is 0.194. The molecule has 1 spiro atoms. The van der Waals surface area contributed by atoms with Crippen molar-refractivity contribution in [1.29, 1.82) is 0 Å². The fraction of sp³-hybridized carbons (Fsp3) is 0.361. The van der Waals surface area contributed by atoms with E-state index in [0.717, 1.165) is 16.6 Å². The number of carbonyl (C=O) groups is 2. The van der Waals surface area contributed by atoms with Crippen molar-refractivity contribution in [3.63, 3.8) is 0 Å². The number of ether oxygens (including phenoxy) is 1. The van der Waals surface area contributed by atoms with Crippen LogP contribution in [0.3, 0.4) is 0 Å². The minimum atomic E-state index is -4.66. The van der Waals surface area contributed by atoms with E-state index in [4.69, 9.17) is 27.9 Å². The van der Waals surface area contributed by atoms with Crippen LogP contribution >= 0.6 is 23.2 Å². The molecule has 1 atom stereocenters. The first-order valence-electron chi connectivity index (χ1n) is 17.2. The minimum absolute atomic E-state index is 0.0868. The predicted molar refractivity (Wildman–Crippen MR) is 195 cm³/mol. The number of piperidine rings is 1. The van der Waals surface area contributed by atoms with Crippen LogP contribution in [0.1, 0.15) is 64.4 Å². The number of aromatic nitrogens is 6. The molecule has 0 aliphatic carbocycles. The molecule has 294 valence electrons. The number of hydrogen-bond acceptors (Lipinski definition) is 10. The number of nitrogens with zero attached hydrogens (tertiary/aromatic N) is 8. The molecule has 2 amide bonds. The minimum Gasteiger partial charge on any atom is -0.504 e. The maximum atomic E-state index is 15.7. The largest absolute Gasteiger partial charge is 0.504 e. The first-order chi connectivity index (χ1) is 26.4. The van der Waals surface area contributed by atoms with E-state index in [1.165, 1.54) is 34.9 Å². The Kier molecular flexibility index (Phi) is 10.0. The summed E-state index contributed by atoms with van der Waals surface area (Å²) in [5.41, 5.74) is -2.18. The van der Waals surface area contributed by atoms with Gasteiger partial charge in [-0.25, -0.2) is 14.4 Å². The van der Waals surface area contributed by atoms with Gasteiger partial charge in [0.2, 0.25) is 11.7 Å². The zero-order valence-electron chi connectivity index (χ0n) is 30.2. The third kappa shape index (κ3) is 6.94. The van der Waals surface area contributed by atoms with Crippen LogP contribution < -0.4 is 10.9 Å². The molecule has 2 aliphatic heterocycles. The van der Waals surface area contributed by atoms with Crippen molar-refractivity contribution in [3.05, 3.63) is 96.6 Å². The van der Waals surface area contributed by atoms with Crippen molar-refractivity contribution in [2.45, 2.75) is 57.7 Å². The summed E-state index contributed by atoms with van der Waals surface area (Å²) in [6, 6.07) is 5.08. The molecule has 1 saturated heterocycles. The van der Waals surface area contributed by atoms with Crippen molar-refractivity contribution in [1.82, 2.24) is 38.9 Å². The molecule has 0 radical (unpaired) electrons. The van der Waals surface area contributed by atoms with Gasteiger partial charge in [0.05, 0.1) is 44.9 Å². The number of amides is 2. The molecule has 20 heteroatoms. The van der Waals surface area contributed by atoms with Gasteiger partial charge in [0.25, 0.3) is 11.5 Å². The SMILES string of the molecule is Cc1ncnc(C(=O)N2CCC3(CC2)O[C@H](C)c2c3c(=O)n3nc(-c4cc(Cl)c(CN(C)C)cc4F)nc3n2CC(=O)Nc2ccc(C(F)(F)F)cc2Cl)c1O. The molecule has 7 rings (SSSR count). The van der Waals surface area contributed by atoms with E-state index in [-0.39, 0.29) is 87.2 Å². The van der Waals surface area contributed by atoms with Crippen molar-refractivity contribution >= 4 is 46.5 Å². The lowest BCUT2D eigenvalue weighted by Crippen LogP contribution is -2.47. The van der Waals surface area contributed by atoms with Crippen molar-refractivity contribution in [3.8, 4) is 17.1 Å². The normalized spacial score (nSPS) is 16.6. The number of hydrogen-bond donors (Lipinski definition) is 2. The van der Waals surface area contributed by atoms with Crippen molar-refractivity contribution in [2.75, 3.05) is 32.5 Å². The summed E-state index contributed by atoms with van der Waals surface area (Å²) in [6.07, 6.45) is -4.08. The standard InChI is InChI=1S/C36H33Cl2F4N9O5/c1-17-30(53)28(44-16-43-17)33(55)49-9-7-35(8-10-49)27-29(18(2)56-35)50(15-26(52)45-25-6-5-20(12-23(25)38)36(40,41)42)34-46-31(47-51(34)32(27)54)21-13-22(37)19(11-24(21)39)14-48(3)4/h5-6,11-13,16,18,53H,7-10,14-15H2,1-4H3,(H,45,52)/t18-/m1/s1. The number of fused-ring (bicyclic) bond motifs is 3. The molecule has 0 saturated carbocycles. The first-order valence-corrected chi connectivity index (χ1v) is 18.0. The molecule has 5 aromatic rings. The monoisotopic (exact) mass is 817 g/mol. The molecule has 0 bridgehead atoms. The second kappa shape index (κ2) is 14.4. The van der Waals surface area contributed by atoms with Crippen LogP contribution in [0.25, 0.3) is 17.2 Å². The van der Waals surface area contributed by atoms with Gasteiger partial charge in [0, 0.05) is 24.7 Å². The van der Waals surface area contributed by atoms with Gasteiger partial charge in [-0.05, 0) is 76.7 Å². The smallest absolute Gasteiger partial charge is 0.416 e. The van der Waals surface area contributed by atoms with Crippen LogP contribution in [0.4, 0.5) is 23.2 Å². The predicted octanol–water partition coefficient (Wildman–Crippen LogP) is 5.75. The zero-order valence-corrected chi connectivity index (χ0v) is 31.7. The molecular weight excluding hydrogens is 785 g/mol. The van der Waals surface area contributed by atoms with E-state index < -0.39 is 53.2 Å². The van der Waals surface area contributed by atoms with Crippen molar-refractivity contribution in [2.24, 2.45) is 0 Å². The Bertz CT molecular complexity index is 2480. The van der Waals surface area contributed by atoms with Gasteiger partial charge in [0.15, 0.2) is 17.3 Å². The molecule has 56 heavy (non-hydrogen) atoms. The maximum absolute atomic E-state index is 15.7. The highest BCUT2D eigenvalue weighted by Crippen LogP contribution is 2.48. The lowest BCUT2D eigenvalue weighted by Gasteiger charge is -2.39. The summed E-state index contributed by atoms with van der Waals surface area (Å²) in [7, 11) is 3.59. The summed E-state index contributed by atoms with van der Waals surface area (Å²) in [4.78, 5) is 57.2. The molecule has 3 aromatic heterocycles. The second-order valence-corrected chi connectivity index (χ2v) is 14.7.